The zero-order valence-electron chi connectivity index (χ0n) is 10.8. The van der Waals surface area contributed by atoms with E-state index in [2.05, 4.69) is 15.2 Å². The molecule has 0 aromatic carbocycles. The molecule has 112 valence electrons. The van der Waals surface area contributed by atoms with Gasteiger partial charge in [0.2, 0.25) is 0 Å². The Bertz CT molecular complexity index is 497. The van der Waals surface area contributed by atoms with Gasteiger partial charge in [0.05, 0.1) is 11.9 Å². The first-order valence-corrected chi connectivity index (χ1v) is 6.42. The van der Waals surface area contributed by atoms with Gasteiger partial charge in [-0.1, -0.05) is 0 Å². The molecule has 0 bridgehead atoms. The molecule has 0 amide bonds. The van der Waals surface area contributed by atoms with E-state index in [1.807, 2.05) is 0 Å². The van der Waals surface area contributed by atoms with Crippen LogP contribution >= 0.6 is 0 Å². The summed E-state index contributed by atoms with van der Waals surface area (Å²) in [6.07, 6.45) is -0.265. The summed E-state index contributed by atoms with van der Waals surface area (Å²) in [6.45, 7) is -1.09. The second kappa shape index (κ2) is 6.25. The summed E-state index contributed by atoms with van der Waals surface area (Å²) in [5.74, 6) is 0. The summed E-state index contributed by atoms with van der Waals surface area (Å²) >= 11 is 0. The number of anilines is 1. The van der Waals surface area contributed by atoms with E-state index in [4.69, 9.17) is 0 Å². The summed E-state index contributed by atoms with van der Waals surface area (Å²) in [7, 11) is 0. The summed E-state index contributed by atoms with van der Waals surface area (Å²) in [4.78, 5) is 11.7. The van der Waals surface area contributed by atoms with Crippen LogP contribution in [0.15, 0.2) is 17.1 Å². The lowest BCUT2D eigenvalue weighted by Crippen LogP contribution is -2.24. The summed E-state index contributed by atoms with van der Waals surface area (Å²) in [5.41, 5.74) is 0.411. The number of nitrogens with one attached hydrogen (secondary N) is 1. The third kappa shape index (κ3) is 5.20. The zero-order valence-corrected chi connectivity index (χ0v) is 10.8. The molecule has 5 nitrogen and oxygen atoms in total. The van der Waals surface area contributed by atoms with Crippen molar-refractivity contribution < 1.29 is 17.9 Å². The summed E-state index contributed by atoms with van der Waals surface area (Å²) < 4.78 is 41.2. The first-order valence-electron chi connectivity index (χ1n) is 6.42. The fourth-order valence-corrected chi connectivity index (χ4v) is 1.65. The van der Waals surface area contributed by atoms with Crippen LogP contribution in [0, 0.1) is 0 Å². The van der Waals surface area contributed by atoms with Gasteiger partial charge in [0, 0.05) is 25.3 Å². The van der Waals surface area contributed by atoms with E-state index in [1.165, 1.54) is 10.7 Å². The molecular formula is C12H16F3N3O2. The molecule has 2 rings (SSSR count). The molecule has 1 fully saturated rings. The Morgan fingerprint density at radius 3 is 2.80 bits per heavy atom. The number of alkyl halides is 3. The van der Waals surface area contributed by atoms with Gasteiger partial charge in [-0.05, 0) is 19.3 Å². The largest absolute Gasteiger partial charge is 0.411 e. The maximum absolute atomic E-state index is 11.8. The molecule has 1 saturated carbocycles. The molecule has 1 aromatic heterocycles. The summed E-state index contributed by atoms with van der Waals surface area (Å²) in [6, 6.07) is 1.88. The molecule has 20 heavy (non-hydrogen) atoms. The van der Waals surface area contributed by atoms with E-state index in [0.717, 1.165) is 12.8 Å². The maximum atomic E-state index is 11.8. The van der Waals surface area contributed by atoms with Crippen molar-refractivity contribution in [2.45, 2.75) is 38.0 Å². The minimum Gasteiger partial charge on any atom is -0.381 e. The van der Waals surface area contributed by atoms with E-state index in [9.17, 15) is 18.0 Å². The van der Waals surface area contributed by atoms with Gasteiger partial charge in [0.15, 0.2) is 0 Å². The minimum atomic E-state index is -4.31. The molecular weight excluding hydrogens is 275 g/mol. The molecule has 0 spiro atoms. The Balaban J connectivity index is 1.73. The average molecular weight is 291 g/mol. The van der Waals surface area contributed by atoms with E-state index < -0.39 is 12.8 Å². The predicted octanol–water partition coefficient (Wildman–Crippen LogP) is 1.79. The van der Waals surface area contributed by atoms with Crippen LogP contribution in [0.2, 0.25) is 0 Å². The van der Waals surface area contributed by atoms with Crippen LogP contribution in [0.1, 0.15) is 19.3 Å². The van der Waals surface area contributed by atoms with Gasteiger partial charge < -0.3 is 10.1 Å². The van der Waals surface area contributed by atoms with Crippen molar-refractivity contribution in [3.63, 3.8) is 0 Å². The molecule has 1 aliphatic rings. The van der Waals surface area contributed by atoms with Crippen LogP contribution in [0.3, 0.4) is 0 Å². The summed E-state index contributed by atoms with van der Waals surface area (Å²) in [5, 5.41) is 7.12. The van der Waals surface area contributed by atoms with Crippen LogP contribution in [0.25, 0.3) is 0 Å². The number of hydrogen-bond acceptors (Lipinski definition) is 4. The number of halogens is 3. The highest BCUT2D eigenvalue weighted by molar-refractivity contribution is 5.41. The van der Waals surface area contributed by atoms with Crippen LogP contribution in [0.5, 0.6) is 0 Å². The van der Waals surface area contributed by atoms with Crippen molar-refractivity contribution in [2.75, 3.05) is 18.5 Å². The van der Waals surface area contributed by atoms with E-state index in [1.54, 1.807) is 6.20 Å². The quantitative estimate of drug-likeness (QED) is 0.778. The van der Waals surface area contributed by atoms with Crippen molar-refractivity contribution in [3.8, 4) is 0 Å². The van der Waals surface area contributed by atoms with E-state index >= 15 is 0 Å². The molecule has 0 unspecified atom stereocenters. The second-order valence-electron chi connectivity index (χ2n) is 4.75. The number of hydrogen-bond donors (Lipinski definition) is 1. The fraction of sp³-hybridized carbons (Fsp3) is 0.667. The predicted molar refractivity (Wildman–Crippen MR) is 66.6 cm³/mol. The number of aromatic nitrogens is 2. The van der Waals surface area contributed by atoms with Crippen molar-refractivity contribution in [3.05, 3.63) is 22.6 Å². The van der Waals surface area contributed by atoms with Crippen LogP contribution in [-0.4, -0.2) is 35.2 Å². The van der Waals surface area contributed by atoms with Gasteiger partial charge in [-0.2, -0.15) is 18.3 Å². The molecule has 1 aliphatic carbocycles. The first-order chi connectivity index (χ1) is 9.44. The lowest BCUT2D eigenvalue weighted by atomic mass is 10.4. The number of rotatable bonds is 7. The van der Waals surface area contributed by atoms with Gasteiger partial charge in [0.25, 0.3) is 5.56 Å². The van der Waals surface area contributed by atoms with Crippen molar-refractivity contribution >= 4 is 5.69 Å². The zero-order chi connectivity index (χ0) is 14.6. The Labute approximate surface area is 113 Å². The van der Waals surface area contributed by atoms with Gasteiger partial charge >= 0.3 is 6.18 Å². The second-order valence-corrected chi connectivity index (χ2v) is 4.75. The van der Waals surface area contributed by atoms with Crippen molar-refractivity contribution in [1.82, 2.24) is 9.78 Å². The smallest absolute Gasteiger partial charge is 0.381 e. The van der Waals surface area contributed by atoms with Gasteiger partial charge in [-0.3, -0.25) is 4.79 Å². The monoisotopic (exact) mass is 291 g/mol. The number of nitrogens with zero attached hydrogens (tertiary/aromatic N) is 2. The van der Waals surface area contributed by atoms with E-state index in [-0.39, 0.29) is 18.7 Å². The molecule has 0 saturated heterocycles. The first kappa shape index (κ1) is 14.8. The lowest BCUT2D eigenvalue weighted by Gasteiger charge is -2.09. The normalized spacial score (nSPS) is 15.3. The fourth-order valence-electron chi connectivity index (χ4n) is 1.65. The van der Waals surface area contributed by atoms with Crippen LogP contribution in [0.4, 0.5) is 18.9 Å². The standard InChI is InChI=1S/C12H16F3N3O2/c13-12(14,15)8-20-5-1-4-18-11(19)6-10(7-16-18)17-9-2-3-9/h6-7,9,17H,1-5,8H2. The number of aryl methyl sites for hydroxylation is 1. The van der Waals surface area contributed by atoms with E-state index in [0.29, 0.717) is 18.2 Å². The maximum Gasteiger partial charge on any atom is 0.411 e. The van der Waals surface area contributed by atoms with Gasteiger partial charge in [-0.15, -0.1) is 0 Å². The SMILES string of the molecule is O=c1cc(NC2CC2)cnn1CCCOCC(F)(F)F. The third-order valence-corrected chi connectivity index (χ3v) is 2.74. The molecule has 8 heteroatoms. The number of ether oxygens (including phenoxy) is 1. The third-order valence-electron chi connectivity index (χ3n) is 2.74. The van der Waals surface area contributed by atoms with Crippen molar-refractivity contribution in [2.24, 2.45) is 0 Å². The Morgan fingerprint density at radius 1 is 1.45 bits per heavy atom. The Kier molecular flexibility index (Phi) is 4.64. The highest BCUT2D eigenvalue weighted by Gasteiger charge is 2.27. The molecule has 1 heterocycles. The Hall–Kier alpha value is -1.57. The highest BCUT2D eigenvalue weighted by atomic mass is 19.4. The molecule has 0 atom stereocenters. The molecule has 1 N–H and O–H groups in total. The lowest BCUT2D eigenvalue weighted by molar-refractivity contribution is -0.174. The molecule has 1 aromatic rings. The van der Waals surface area contributed by atoms with Crippen LogP contribution in [-0.2, 0) is 11.3 Å². The average Bonchev–Trinajstić information content (AvgIpc) is 3.14. The molecule has 0 aliphatic heterocycles. The van der Waals surface area contributed by atoms with Crippen LogP contribution < -0.4 is 10.9 Å². The molecule has 0 radical (unpaired) electrons. The minimum absolute atomic E-state index is 0.0598. The topological polar surface area (TPSA) is 56.2 Å². The highest BCUT2D eigenvalue weighted by Crippen LogP contribution is 2.23. The van der Waals surface area contributed by atoms with Gasteiger partial charge in [0.1, 0.15) is 6.61 Å². The van der Waals surface area contributed by atoms with Crippen molar-refractivity contribution in [1.29, 1.82) is 0 Å². The van der Waals surface area contributed by atoms with Gasteiger partial charge in [-0.25, -0.2) is 4.68 Å². The Morgan fingerprint density at radius 2 is 2.20 bits per heavy atom.